The quantitative estimate of drug-likeness (QED) is 0.157. The van der Waals surface area contributed by atoms with Crippen molar-refractivity contribution in [3.8, 4) is 22.5 Å². The smallest absolute Gasteiger partial charge is 0.270 e. The number of primary amides is 1. The maximum Gasteiger partial charge on any atom is 0.270 e. The highest BCUT2D eigenvalue weighted by Crippen LogP contribution is 2.33. The van der Waals surface area contributed by atoms with Crippen LogP contribution < -0.4 is 27.0 Å². The van der Waals surface area contributed by atoms with E-state index in [1.807, 2.05) is 37.3 Å². The number of hydrogen-bond acceptors (Lipinski definition) is 9. The molecule has 0 radical (unpaired) electrons. The number of nitrogens with two attached hydrogens (primary N) is 2. The van der Waals surface area contributed by atoms with Gasteiger partial charge in [-0.05, 0) is 105 Å². The first kappa shape index (κ1) is 34.4. The number of nitrogens with one attached hydrogen (secondary N) is 3. The third kappa shape index (κ3) is 7.70. The molecule has 0 bridgehead atoms. The summed E-state index contributed by atoms with van der Waals surface area (Å²) < 4.78 is 0. The molecule has 4 amide bonds. The minimum atomic E-state index is -0.941. The van der Waals surface area contributed by atoms with E-state index in [1.54, 1.807) is 35.2 Å². The van der Waals surface area contributed by atoms with Crippen molar-refractivity contribution in [2.75, 3.05) is 18.0 Å². The Bertz CT molecular complexity index is 1820. The molecule has 14 nitrogen and oxygen atoms in total. The minimum absolute atomic E-state index is 0.136. The Hall–Kier alpha value is -5.50. The number of aryl methyl sites for hydroxylation is 1. The first-order valence-electron chi connectivity index (χ1n) is 17.0. The van der Waals surface area contributed by atoms with E-state index in [-0.39, 0.29) is 29.8 Å². The standard InChI is InChI=1S/C36H42N10O4/c1-21-28(16-17-30(40-21)35(49)41-29-3-2-18-39-34(29)48)24-8-4-22(5-9-24)19-31(32(38)47)46(36(50)26-10-6-23(20-37)7-11-26)27-14-12-25(13-15-27)33-42-44-45-43-33/h4-5,8-9,12-17,23,26,29,31H,2-3,6-7,10-11,18-20,37H2,1H3,(H2,38,47)(H,39,48)(H,41,49)(H,42,43,44,45)/t23?,26?,29-,31-/m0/s1. The number of pyridine rings is 1. The fourth-order valence-electron chi connectivity index (χ4n) is 6.86. The summed E-state index contributed by atoms with van der Waals surface area (Å²) in [6, 6.07) is 16.7. The van der Waals surface area contributed by atoms with Gasteiger partial charge in [-0.3, -0.25) is 24.1 Å². The number of aromatic amines is 1. The van der Waals surface area contributed by atoms with Crippen molar-refractivity contribution in [2.24, 2.45) is 23.3 Å². The predicted molar refractivity (Wildman–Crippen MR) is 186 cm³/mol. The lowest BCUT2D eigenvalue weighted by Gasteiger charge is -2.35. The Kier molecular flexibility index (Phi) is 10.6. The van der Waals surface area contributed by atoms with Crippen molar-refractivity contribution in [1.82, 2.24) is 36.2 Å². The number of nitrogens with zero attached hydrogens (tertiary/aromatic N) is 5. The average Bonchev–Trinajstić information content (AvgIpc) is 3.68. The van der Waals surface area contributed by atoms with Crippen LogP contribution in [0.2, 0.25) is 0 Å². The van der Waals surface area contributed by atoms with Gasteiger partial charge in [0.15, 0.2) is 0 Å². The maximum absolute atomic E-state index is 14.2. The van der Waals surface area contributed by atoms with Crippen LogP contribution in [-0.4, -0.2) is 74.4 Å². The lowest BCUT2D eigenvalue weighted by molar-refractivity contribution is -0.127. The van der Waals surface area contributed by atoms with Crippen molar-refractivity contribution < 1.29 is 19.2 Å². The number of tetrazole rings is 1. The summed E-state index contributed by atoms with van der Waals surface area (Å²) in [5, 5.41) is 19.7. The van der Waals surface area contributed by atoms with Gasteiger partial charge in [0.1, 0.15) is 17.8 Å². The molecule has 0 spiro atoms. The molecule has 4 aromatic rings. The number of amides is 4. The number of hydrogen-bond donors (Lipinski definition) is 5. The largest absolute Gasteiger partial charge is 0.368 e. The molecule has 2 fully saturated rings. The van der Waals surface area contributed by atoms with Crippen LogP contribution in [0.5, 0.6) is 0 Å². The van der Waals surface area contributed by atoms with Gasteiger partial charge in [-0.15, -0.1) is 10.2 Å². The van der Waals surface area contributed by atoms with E-state index in [4.69, 9.17) is 11.5 Å². The van der Waals surface area contributed by atoms with Crippen LogP contribution in [0.3, 0.4) is 0 Å². The number of H-pyrrole nitrogens is 1. The molecule has 2 aliphatic rings. The highest BCUT2D eigenvalue weighted by Gasteiger charge is 2.36. The predicted octanol–water partition coefficient (Wildman–Crippen LogP) is 2.44. The fourth-order valence-corrected chi connectivity index (χ4v) is 6.86. The monoisotopic (exact) mass is 678 g/mol. The molecule has 1 saturated carbocycles. The molecule has 7 N–H and O–H groups in total. The Morgan fingerprint density at radius 2 is 1.68 bits per heavy atom. The summed E-state index contributed by atoms with van der Waals surface area (Å²) >= 11 is 0. The van der Waals surface area contributed by atoms with Gasteiger partial charge in [0.05, 0.1) is 0 Å². The molecule has 50 heavy (non-hydrogen) atoms. The van der Waals surface area contributed by atoms with Gasteiger partial charge < -0.3 is 22.1 Å². The van der Waals surface area contributed by atoms with Crippen LogP contribution in [0.15, 0.2) is 60.7 Å². The lowest BCUT2D eigenvalue weighted by atomic mass is 9.81. The van der Waals surface area contributed by atoms with Gasteiger partial charge in [-0.25, -0.2) is 4.98 Å². The molecule has 14 heteroatoms. The second-order valence-corrected chi connectivity index (χ2v) is 13.1. The SMILES string of the molecule is Cc1nc(C(=O)N[C@H]2CCCNC2=O)ccc1-c1ccc(C[C@@H](C(N)=O)N(C(=O)C2CCC(CN)CC2)c2ccc(-c3nn[nH]n3)cc2)cc1. The van der Waals surface area contributed by atoms with E-state index in [1.165, 1.54) is 0 Å². The van der Waals surface area contributed by atoms with Gasteiger partial charge in [0.2, 0.25) is 23.5 Å². The maximum atomic E-state index is 14.2. The van der Waals surface area contributed by atoms with Gasteiger partial charge >= 0.3 is 0 Å². The highest BCUT2D eigenvalue weighted by atomic mass is 16.2. The van der Waals surface area contributed by atoms with Crippen molar-refractivity contribution >= 4 is 29.3 Å². The number of piperidine rings is 1. The van der Waals surface area contributed by atoms with Crippen LogP contribution >= 0.6 is 0 Å². The van der Waals surface area contributed by atoms with Gasteiger partial charge in [0.25, 0.3) is 5.91 Å². The summed E-state index contributed by atoms with van der Waals surface area (Å²) in [6.45, 7) is 3.03. The molecular formula is C36H42N10O4. The molecule has 1 saturated heterocycles. The van der Waals surface area contributed by atoms with Crippen molar-refractivity contribution in [3.63, 3.8) is 0 Å². The number of carbonyl (C=O) groups is 4. The first-order chi connectivity index (χ1) is 24.2. The van der Waals surface area contributed by atoms with E-state index >= 15 is 0 Å². The third-order valence-corrected chi connectivity index (χ3v) is 9.76. The van der Waals surface area contributed by atoms with Crippen LogP contribution in [0.25, 0.3) is 22.5 Å². The second kappa shape index (κ2) is 15.4. The first-order valence-corrected chi connectivity index (χ1v) is 17.0. The number of anilines is 1. The molecule has 2 aromatic carbocycles. The molecule has 1 aliphatic carbocycles. The van der Waals surface area contributed by atoms with Gasteiger partial charge in [-0.2, -0.15) is 5.21 Å². The van der Waals surface area contributed by atoms with Crippen molar-refractivity contribution in [1.29, 1.82) is 0 Å². The fraction of sp³-hybridized carbons (Fsp3) is 0.389. The normalized spacial score (nSPS) is 19.6. The zero-order valence-corrected chi connectivity index (χ0v) is 28.0. The van der Waals surface area contributed by atoms with Crippen LogP contribution in [0.1, 0.15) is 60.3 Å². The number of carbonyl (C=O) groups excluding carboxylic acids is 4. The molecule has 260 valence electrons. The lowest BCUT2D eigenvalue weighted by Crippen LogP contribution is -2.52. The molecule has 1 aliphatic heterocycles. The summed E-state index contributed by atoms with van der Waals surface area (Å²) in [5.74, 6) is -0.771. The Morgan fingerprint density at radius 3 is 2.30 bits per heavy atom. The molecular weight excluding hydrogens is 636 g/mol. The zero-order valence-electron chi connectivity index (χ0n) is 28.0. The summed E-state index contributed by atoms with van der Waals surface area (Å²) in [7, 11) is 0. The van der Waals surface area contributed by atoms with Gasteiger partial charge in [0, 0.05) is 41.4 Å². The molecule has 3 heterocycles. The summed E-state index contributed by atoms with van der Waals surface area (Å²) in [4.78, 5) is 58.3. The average molecular weight is 679 g/mol. The number of rotatable bonds is 11. The molecule has 0 unspecified atom stereocenters. The Balaban J connectivity index is 1.21. The molecule has 6 rings (SSSR count). The number of benzene rings is 2. The van der Waals surface area contributed by atoms with E-state index in [0.29, 0.717) is 61.0 Å². The van der Waals surface area contributed by atoms with E-state index in [9.17, 15) is 19.2 Å². The summed E-state index contributed by atoms with van der Waals surface area (Å²) in [5.41, 5.74) is 16.6. The minimum Gasteiger partial charge on any atom is -0.368 e. The van der Waals surface area contributed by atoms with Gasteiger partial charge in [-0.1, -0.05) is 30.3 Å². The third-order valence-electron chi connectivity index (χ3n) is 9.76. The van der Waals surface area contributed by atoms with E-state index < -0.39 is 23.9 Å². The van der Waals surface area contributed by atoms with Crippen LogP contribution in [0, 0.1) is 18.8 Å². The Morgan fingerprint density at radius 1 is 0.960 bits per heavy atom. The Labute approximate surface area is 289 Å². The molecule has 2 aromatic heterocycles. The topological polar surface area (TPSA) is 215 Å². The molecule has 2 atom stereocenters. The van der Waals surface area contributed by atoms with Crippen molar-refractivity contribution in [3.05, 3.63) is 77.6 Å². The second-order valence-electron chi connectivity index (χ2n) is 13.1. The van der Waals surface area contributed by atoms with E-state index in [2.05, 4.69) is 36.2 Å². The van der Waals surface area contributed by atoms with Crippen LogP contribution in [-0.2, 0) is 20.8 Å². The van der Waals surface area contributed by atoms with Crippen LogP contribution in [0.4, 0.5) is 5.69 Å². The van der Waals surface area contributed by atoms with E-state index in [0.717, 1.165) is 36.0 Å². The number of aromatic nitrogens is 5. The summed E-state index contributed by atoms with van der Waals surface area (Å²) in [6.07, 6.45) is 4.71. The highest BCUT2D eigenvalue weighted by molar-refractivity contribution is 6.02. The zero-order chi connectivity index (χ0) is 35.2. The van der Waals surface area contributed by atoms with Crippen molar-refractivity contribution in [2.45, 2.75) is 64.0 Å².